The minimum atomic E-state index is -1.11. The standard InChI is InChI=1S/C27H46O3.C7H6O3/c1-2-3-4-5-6-7-8-9-10-11-12-13-14-15-16-17-18-21-24-30-27(29)25-22-19-20-23-26(25)28;8-6-4-2-1-3-5(6)7(9)10/h19-20,22-23,28H,2-18,21,24H2,1H3;1-4,8H,(H,9,10). The number of aromatic hydroxyl groups is 2. The lowest BCUT2D eigenvalue weighted by Gasteiger charge is -2.06. The van der Waals surface area contributed by atoms with Crippen molar-refractivity contribution in [2.75, 3.05) is 6.61 Å². The van der Waals surface area contributed by atoms with Crippen LogP contribution in [-0.2, 0) is 4.74 Å². The van der Waals surface area contributed by atoms with Crippen LogP contribution in [0.3, 0.4) is 0 Å². The Balaban J connectivity index is 0.000000667. The zero-order chi connectivity index (χ0) is 29.3. The van der Waals surface area contributed by atoms with Gasteiger partial charge in [0.15, 0.2) is 0 Å². The van der Waals surface area contributed by atoms with E-state index in [0.717, 1.165) is 12.8 Å². The second-order valence-corrected chi connectivity index (χ2v) is 10.5. The van der Waals surface area contributed by atoms with Gasteiger partial charge < -0.3 is 20.1 Å². The molecule has 6 nitrogen and oxygen atoms in total. The maximum atomic E-state index is 11.9. The number of phenolic OH excluding ortho intramolecular Hbond substituents is 1. The number of rotatable bonds is 21. The van der Waals surface area contributed by atoms with Crippen molar-refractivity contribution in [3.8, 4) is 11.5 Å². The number of hydrogen-bond donors (Lipinski definition) is 3. The molecule has 0 spiro atoms. The van der Waals surface area contributed by atoms with Crippen molar-refractivity contribution in [3.63, 3.8) is 0 Å². The Hall–Kier alpha value is -3.02. The highest BCUT2D eigenvalue weighted by Crippen LogP contribution is 2.18. The van der Waals surface area contributed by atoms with E-state index in [0.29, 0.717) is 6.61 Å². The number of ether oxygens (including phenoxy) is 1. The molecule has 2 rings (SSSR count). The Bertz CT molecular complexity index is 926. The molecule has 0 unspecified atom stereocenters. The van der Waals surface area contributed by atoms with Crippen LogP contribution in [0.2, 0.25) is 0 Å². The molecule has 0 heterocycles. The number of esters is 1. The molecule has 2 aromatic rings. The van der Waals surface area contributed by atoms with E-state index in [9.17, 15) is 14.7 Å². The minimum Gasteiger partial charge on any atom is -0.507 e. The number of carboxylic acids is 1. The number of carbonyl (C=O) groups is 2. The highest BCUT2D eigenvalue weighted by atomic mass is 16.5. The Morgan fingerprint density at radius 3 is 1.25 bits per heavy atom. The van der Waals surface area contributed by atoms with E-state index >= 15 is 0 Å². The van der Waals surface area contributed by atoms with Gasteiger partial charge in [-0.3, -0.25) is 0 Å². The van der Waals surface area contributed by atoms with Crippen molar-refractivity contribution in [2.24, 2.45) is 0 Å². The van der Waals surface area contributed by atoms with Gasteiger partial charge in [0.2, 0.25) is 0 Å². The van der Waals surface area contributed by atoms with Crippen LogP contribution in [-0.4, -0.2) is 33.9 Å². The average Bonchev–Trinajstić information content (AvgIpc) is 2.95. The van der Waals surface area contributed by atoms with Crippen molar-refractivity contribution in [1.82, 2.24) is 0 Å². The molecule has 40 heavy (non-hydrogen) atoms. The Kier molecular flexibility index (Phi) is 20.9. The van der Waals surface area contributed by atoms with Crippen LogP contribution in [0.1, 0.15) is 143 Å². The van der Waals surface area contributed by atoms with Crippen LogP contribution in [0.15, 0.2) is 48.5 Å². The first kappa shape index (κ1) is 35.0. The highest BCUT2D eigenvalue weighted by Gasteiger charge is 2.11. The van der Waals surface area contributed by atoms with E-state index in [1.165, 1.54) is 121 Å². The molecule has 0 atom stereocenters. The molecule has 0 fully saturated rings. The van der Waals surface area contributed by atoms with Gasteiger partial charge >= 0.3 is 11.9 Å². The molecular weight excluding hydrogens is 504 g/mol. The number of phenols is 2. The topological polar surface area (TPSA) is 104 Å². The monoisotopic (exact) mass is 556 g/mol. The van der Waals surface area contributed by atoms with Gasteiger partial charge in [0.05, 0.1) is 6.61 Å². The number of carboxylic acid groups (broad SMARTS) is 1. The average molecular weight is 557 g/mol. The second-order valence-electron chi connectivity index (χ2n) is 10.5. The fraction of sp³-hybridized carbons (Fsp3) is 0.588. The first-order valence-electron chi connectivity index (χ1n) is 15.4. The molecule has 3 N–H and O–H groups in total. The number of hydrogen-bond acceptors (Lipinski definition) is 5. The van der Waals surface area contributed by atoms with E-state index in [2.05, 4.69) is 6.92 Å². The summed E-state index contributed by atoms with van der Waals surface area (Å²) in [5, 5.41) is 26.9. The predicted molar refractivity (Wildman–Crippen MR) is 162 cm³/mol. The van der Waals surface area contributed by atoms with E-state index in [4.69, 9.17) is 14.9 Å². The van der Waals surface area contributed by atoms with E-state index in [1.807, 2.05) is 0 Å². The van der Waals surface area contributed by atoms with Gasteiger partial charge in [0.25, 0.3) is 0 Å². The van der Waals surface area contributed by atoms with E-state index in [1.54, 1.807) is 30.3 Å². The molecule has 2 aromatic carbocycles. The maximum Gasteiger partial charge on any atom is 0.341 e. The predicted octanol–water partition coefficient (Wildman–Crippen LogP) is 9.68. The van der Waals surface area contributed by atoms with Crippen molar-refractivity contribution in [1.29, 1.82) is 0 Å². The van der Waals surface area contributed by atoms with Gasteiger partial charge in [-0.2, -0.15) is 0 Å². The van der Waals surface area contributed by atoms with Crippen LogP contribution >= 0.6 is 0 Å². The van der Waals surface area contributed by atoms with Gasteiger partial charge in [-0.15, -0.1) is 0 Å². The third kappa shape index (κ3) is 17.5. The molecule has 0 bridgehead atoms. The number of carbonyl (C=O) groups excluding carboxylic acids is 1. The summed E-state index contributed by atoms with van der Waals surface area (Å²) in [4.78, 5) is 22.1. The molecule has 0 aliphatic heterocycles. The van der Waals surface area contributed by atoms with Gasteiger partial charge in [0.1, 0.15) is 22.6 Å². The summed E-state index contributed by atoms with van der Waals surface area (Å²) in [7, 11) is 0. The summed E-state index contributed by atoms with van der Waals surface area (Å²) < 4.78 is 5.24. The second kappa shape index (κ2) is 23.8. The quantitative estimate of drug-likeness (QED) is 0.104. The van der Waals surface area contributed by atoms with Gasteiger partial charge in [0, 0.05) is 0 Å². The van der Waals surface area contributed by atoms with Crippen molar-refractivity contribution < 1.29 is 29.6 Å². The van der Waals surface area contributed by atoms with Crippen LogP contribution in [0, 0.1) is 0 Å². The van der Waals surface area contributed by atoms with Crippen molar-refractivity contribution >= 4 is 11.9 Å². The summed E-state index contributed by atoms with van der Waals surface area (Å²) in [5.74, 6) is -1.76. The molecule has 0 aromatic heterocycles. The van der Waals surface area contributed by atoms with E-state index in [-0.39, 0.29) is 22.6 Å². The maximum absolute atomic E-state index is 11.9. The van der Waals surface area contributed by atoms with Crippen molar-refractivity contribution in [2.45, 2.75) is 122 Å². The first-order valence-corrected chi connectivity index (χ1v) is 15.4. The summed E-state index contributed by atoms with van der Waals surface area (Å²) >= 11 is 0. The zero-order valence-corrected chi connectivity index (χ0v) is 24.6. The summed E-state index contributed by atoms with van der Waals surface area (Å²) in [6.45, 7) is 2.72. The molecular formula is C34H52O6. The normalized spacial score (nSPS) is 10.5. The number of aromatic carboxylic acids is 1. The lowest BCUT2D eigenvalue weighted by Crippen LogP contribution is -2.06. The lowest BCUT2D eigenvalue weighted by molar-refractivity contribution is 0.0494. The fourth-order valence-corrected chi connectivity index (χ4v) is 4.55. The molecule has 0 saturated heterocycles. The van der Waals surface area contributed by atoms with Gasteiger partial charge in [-0.05, 0) is 30.7 Å². The Labute approximate surface area is 241 Å². The molecule has 0 aliphatic rings. The third-order valence-corrected chi connectivity index (χ3v) is 6.99. The summed E-state index contributed by atoms with van der Waals surface area (Å²) in [5.41, 5.74) is 0.183. The Morgan fingerprint density at radius 2 is 0.900 bits per heavy atom. The van der Waals surface area contributed by atoms with Gasteiger partial charge in [-0.25, -0.2) is 9.59 Å². The zero-order valence-electron chi connectivity index (χ0n) is 24.6. The summed E-state index contributed by atoms with van der Waals surface area (Å²) in [6.07, 6.45) is 24.2. The van der Waals surface area contributed by atoms with Crippen LogP contribution in [0.25, 0.3) is 0 Å². The molecule has 0 saturated carbocycles. The first-order chi connectivity index (χ1) is 19.5. The molecule has 0 amide bonds. The molecule has 6 heteroatoms. The van der Waals surface area contributed by atoms with Crippen molar-refractivity contribution in [3.05, 3.63) is 59.7 Å². The smallest absolute Gasteiger partial charge is 0.341 e. The fourth-order valence-electron chi connectivity index (χ4n) is 4.55. The minimum absolute atomic E-state index is 0.0136. The SMILES string of the molecule is CCCCCCCCCCCCCCCCCCCCOC(=O)c1ccccc1O.O=C(O)c1ccccc1O. The molecule has 0 aliphatic carbocycles. The summed E-state index contributed by atoms with van der Waals surface area (Å²) in [6, 6.07) is 12.3. The van der Waals surface area contributed by atoms with Crippen LogP contribution in [0.4, 0.5) is 0 Å². The molecule has 0 radical (unpaired) electrons. The number of para-hydroxylation sites is 2. The lowest BCUT2D eigenvalue weighted by atomic mass is 10.0. The van der Waals surface area contributed by atoms with E-state index < -0.39 is 11.9 Å². The third-order valence-electron chi connectivity index (χ3n) is 6.99. The van der Waals surface area contributed by atoms with Crippen LogP contribution < -0.4 is 0 Å². The number of unbranched alkanes of at least 4 members (excludes halogenated alkanes) is 17. The van der Waals surface area contributed by atoms with Crippen LogP contribution in [0.5, 0.6) is 11.5 Å². The molecule has 224 valence electrons. The van der Waals surface area contributed by atoms with Gasteiger partial charge in [-0.1, -0.05) is 140 Å². The Morgan fingerprint density at radius 1 is 0.550 bits per heavy atom. The highest BCUT2D eigenvalue weighted by molar-refractivity contribution is 5.92. The number of benzene rings is 2. The largest absolute Gasteiger partial charge is 0.507 e.